The Morgan fingerprint density at radius 3 is 2.54 bits per heavy atom. The first-order valence-electron chi connectivity index (χ1n) is 9.13. The molecule has 28 heavy (non-hydrogen) atoms. The van der Waals surface area contributed by atoms with Gasteiger partial charge in [-0.1, -0.05) is 68.1 Å². The van der Waals surface area contributed by atoms with E-state index in [1.165, 1.54) is 17.3 Å². The van der Waals surface area contributed by atoms with Crippen LogP contribution in [0.25, 0.3) is 15.2 Å². The molecule has 0 saturated carbocycles. The number of anilines is 1. The van der Waals surface area contributed by atoms with Gasteiger partial charge in [0.2, 0.25) is 10.9 Å². The molecule has 0 spiro atoms. The third-order valence-corrected chi connectivity index (χ3v) is 6.64. The summed E-state index contributed by atoms with van der Waals surface area (Å²) in [7, 11) is 0. The standard InChI is InChI=1S/C21H22N4OS2/c1-13(18(26)22-15-11-9-14(10-12-15)21(2,3)4)27-19-23-24-20-25(19)16-7-5-6-8-17(16)28-20/h5-13H,1-4H3,(H,22,26). The molecule has 0 aliphatic heterocycles. The van der Waals surface area contributed by atoms with Crippen LogP contribution in [0.1, 0.15) is 33.3 Å². The van der Waals surface area contributed by atoms with Crippen LogP contribution < -0.4 is 5.32 Å². The lowest BCUT2D eigenvalue weighted by molar-refractivity contribution is -0.115. The maximum Gasteiger partial charge on any atom is 0.237 e. The molecular formula is C21H22N4OS2. The minimum atomic E-state index is -0.298. The van der Waals surface area contributed by atoms with Crippen LogP contribution in [0.2, 0.25) is 0 Å². The van der Waals surface area contributed by atoms with E-state index in [1.54, 1.807) is 11.3 Å². The Kier molecular flexibility index (Phi) is 4.89. The highest BCUT2D eigenvalue weighted by Crippen LogP contribution is 2.31. The minimum absolute atomic E-state index is 0.0511. The van der Waals surface area contributed by atoms with E-state index in [9.17, 15) is 4.79 Å². The molecule has 7 heteroatoms. The van der Waals surface area contributed by atoms with Crippen LogP contribution in [0, 0.1) is 0 Å². The summed E-state index contributed by atoms with van der Waals surface area (Å²) in [4.78, 5) is 13.5. The first-order valence-corrected chi connectivity index (χ1v) is 10.8. The Labute approximate surface area is 172 Å². The summed E-state index contributed by atoms with van der Waals surface area (Å²) in [6, 6.07) is 16.2. The molecule has 0 aliphatic carbocycles. The first-order chi connectivity index (χ1) is 13.3. The van der Waals surface area contributed by atoms with Crippen molar-refractivity contribution in [2.24, 2.45) is 0 Å². The van der Waals surface area contributed by atoms with Gasteiger partial charge in [0.25, 0.3) is 0 Å². The van der Waals surface area contributed by atoms with Crippen molar-refractivity contribution in [3.05, 3.63) is 54.1 Å². The second-order valence-electron chi connectivity index (χ2n) is 7.75. The number of amides is 1. The SMILES string of the molecule is CC(Sc1nnc2sc3ccccc3n12)C(=O)Nc1ccc(C(C)(C)C)cc1. The average molecular weight is 411 g/mol. The monoisotopic (exact) mass is 410 g/mol. The number of nitrogens with one attached hydrogen (secondary N) is 1. The van der Waals surface area contributed by atoms with E-state index in [-0.39, 0.29) is 16.6 Å². The number of nitrogens with zero attached hydrogens (tertiary/aromatic N) is 3. The topological polar surface area (TPSA) is 59.3 Å². The van der Waals surface area contributed by atoms with Gasteiger partial charge >= 0.3 is 0 Å². The fraction of sp³-hybridized carbons (Fsp3) is 0.286. The van der Waals surface area contributed by atoms with Crippen molar-refractivity contribution in [2.45, 2.75) is 43.5 Å². The lowest BCUT2D eigenvalue weighted by atomic mass is 9.87. The fourth-order valence-corrected chi connectivity index (χ4v) is 4.82. The quantitative estimate of drug-likeness (QED) is 0.460. The number of para-hydroxylation sites is 1. The Morgan fingerprint density at radius 2 is 1.82 bits per heavy atom. The van der Waals surface area contributed by atoms with Crippen molar-refractivity contribution in [3.63, 3.8) is 0 Å². The van der Waals surface area contributed by atoms with Crippen molar-refractivity contribution in [1.82, 2.24) is 14.6 Å². The third kappa shape index (κ3) is 3.64. The smallest absolute Gasteiger partial charge is 0.237 e. The number of fused-ring (bicyclic) bond motifs is 3. The maximum absolute atomic E-state index is 12.7. The van der Waals surface area contributed by atoms with Gasteiger partial charge in [-0.15, -0.1) is 10.2 Å². The Bertz CT molecular complexity index is 1140. The summed E-state index contributed by atoms with van der Waals surface area (Å²) in [5.41, 5.74) is 3.20. The van der Waals surface area contributed by atoms with Gasteiger partial charge in [0.05, 0.1) is 15.5 Å². The maximum atomic E-state index is 12.7. The number of rotatable bonds is 4. The molecule has 144 valence electrons. The molecule has 0 aliphatic rings. The van der Waals surface area contributed by atoms with Crippen LogP contribution in [0.5, 0.6) is 0 Å². The zero-order valence-corrected chi connectivity index (χ0v) is 17.9. The normalized spacial score (nSPS) is 13.1. The molecule has 0 radical (unpaired) electrons. The number of aromatic nitrogens is 3. The number of hydrogen-bond donors (Lipinski definition) is 1. The third-order valence-electron chi connectivity index (χ3n) is 4.58. The van der Waals surface area contributed by atoms with Crippen LogP contribution in [-0.2, 0) is 10.2 Å². The summed E-state index contributed by atoms with van der Waals surface area (Å²) in [5, 5.41) is 12.0. The molecule has 1 atom stereocenters. The molecular weight excluding hydrogens is 388 g/mol. The molecule has 1 N–H and O–H groups in total. The highest BCUT2D eigenvalue weighted by Gasteiger charge is 2.20. The molecule has 0 bridgehead atoms. The molecule has 2 aromatic heterocycles. The highest BCUT2D eigenvalue weighted by molar-refractivity contribution is 8.00. The zero-order valence-electron chi connectivity index (χ0n) is 16.3. The molecule has 2 heterocycles. The number of thioether (sulfide) groups is 1. The largest absolute Gasteiger partial charge is 0.325 e. The number of carbonyl (C=O) groups is 1. The molecule has 4 aromatic rings. The Balaban J connectivity index is 1.50. The summed E-state index contributed by atoms with van der Waals surface area (Å²) in [6.07, 6.45) is 0. The van der Waals surface area contributed by atoms with Gasteiger partial charge in [-0.25, -0.2) is 0 Å². The van der Waals surface area contributed by atoms with E-state index in [0.717, 1.165) is 26.0 Å². The van der Waals surface area contributed by atoms with E-state index < -0.39 is 0 Å². The molecule has 0 saturated heterocycles. The van der Waals surface area contributed by atoms with Gasteiger partial charge in [0, 0.05) is 5.69 Å². The molecule has 1 amide bonds. The van der Waals surface area contributed by atoms with E-state index in [4.69, 9.17) is 0 Å². The van der Waals surface area contributed by atoms with Gasteiger partial charge in [0.15, 0.2) is 5.16 Å². The second kappa shape index (κ2) is 7.22. The van der Waals surface area contributed by atoms with Crippen molar-refractivity contribution in [2.75, 3.05) is 5.32 Å². The minimum Gasteiger partial charge on any atom is -0.325 e. The molecule has 5 nitrogen and oxygen atoms in total. The lowest BCUT2D eigenvalue weighted by Gasteiger charge is -2.19. The fourth-order valence-electron chi connectivity index (χ4n) is 2.94. The summed E-state index contributed by atoms with van der Waals surface area (Å²) >= 11 is 3.02. The van der Waals surface area contributed by atoms with Crippen LogP contribution in [0.15, 0.2) is 53.7 Å². The van der Waals surface area contributed by atoms with Crippen LogP contribution in [-0.4, -0.2) is 25.8 Å². The van der Waals surface area contributed by atoms with Crippen LogP contribution in [0.4, 0.5) is 5.69 Å². The van der Waals surface area contributed by atoms with E-state index >= 15 is 0 Å². The van der Waals surface area contributed by atoms with E-state index in [0.29, 0.717) is 0 Å². The van der Waals surface area contributed by atoms with Crippen molar-refractivity contribution < 1.29 is 4.79 Å². The molecule has 0 fully saturated rings. The highest BCUT2D eigenvalue weighted by atomic mass is 32.2. The van der Waals surface area contributed by atoms with Gasteiger partial charge in [0.1, 0.15) is 0 Å². The van der Waals surface area contributed by atoms with Crippen molar-refractivity contribution in [3.8, 4) is 0 Å². The number of benzene rings is 2. The van der Waals surface area contributed by atoms with Gasteiger partial charge in [-0.3, -0.25) is 9.20 Å². The lowest BCUT2D eigenvalue weighted by Crippen LogP contribution is -2.22. The van der Waals surface area contributed by atoms with Gasteiger partial charge < -0.3 is 5.32 Å². The number of carbonyl (C=O) groups excluding carboxylic acids is 1. The summed E-state index contributed by atoms with van der Waals surface area (Å²) < 4.78 is 3.18. The number of thiazole rings is 1. The average Bonchev–Trinajstić information content (AvgIpc) is 3.21. The molecule has 4 rings (SSSR count). The van der Waals surface area contributed by atoms with E-state index in [2.05, 4.69) is 54.5 Å². The van der Waals surface area contributed by atoms with Crippen molar-refractivity contribution >= 4 is 49.9 Å². The summed E-state index contributed by atoms with van der Waals surface area (Å²) in [6.45, 7) is 8.41. The predicted octanol–water partition coefficient (Wildman–Crippen LogP) is 5.36. The summed E-state index contributed by atoms with van der Waals surface area (Å²) in [5.74, 6) is -0.0511. The second-order valence-corrected chi connectivity index (χ2v) is 10.1. The molecule has 2 aromatic carbocycles. The zero-order chi connectivity index (χ0) is 19.9. The van der Waals surface area contributed by atoms with Crippen LogP contribution >= 0.6 is 23.1 Å². The first kappa shape index (κ1) is 19.0. The Hall–Kier alpha value is -2.38. The van der Waals surface area contributed by atoms with Crippen molar-refractivity contribution in [1.29, 1.82) is 0 Å². The Morgan fingerprint density at radius 1 is 1.11 bits per heavy atom. The van der Waals surface area contributed by atoms with Gasteiger partial charge in [-0.05, 0) is 42.2 Å². The predicted molar refractivity (Wildman–Crippen MR) is 117 cm³/mol. The van der Waals surface area contributed by atoms with Crippen LogP contribution in [0.3, 0.4) is 0 Å². The van der Waals surface area contributed by atoms with Gasteiger partial charge in [-0.2, -0.15) is 0 Å². The molecule has 1 unspecified atom stereocenters. The number of hydrogen-bond acceptors (Lipinski definition) is 5. The van der Waals surface area contributed by atoms with E-state index in [1.807, 2.05) is 41.7 Å².